The number of hydrogen-bond donors (Lipinski definition) is 2. The van der Waals surface area contributed by atoms with Crippen molar-refractivity contribution >= 4 is 17.8 Å². The van der Waals surface area contributed by atoms with Crippen LogP contribution in [0.4, 0.5) is 0 Å². The number of nitrogens with one attached hydrogen (secondary N) is 1. The summed E-state index contributed by atoms with van der Waals surface area (Å²) in [5, 5.41) is 11.9. The maximum Gasteiger partial charge on any atom is 0.326 e. The zero-order valence-electron chi connectivity index (χ0n) is 14.9. The molecular formula is C18H21N3O5. The predicted molar refractivity (Wildman–Crippen MR) is 93.5 cm³/mol. The maximum atomic E-state index is 12.9. The molecule has 0 aliphatic rings. The molecule has 2 aromatic rings. The van der Waals surface area contributed by atoms with Crippen molar-refractivity contribution in [3.63, 3.8) is 0 Å². The molecule has 0 aliphatic carbocycles. The van der Waals surface area contributed by atoms with Crippen molar-refractivity contribution in [2.45, 2.75) is 26.8 Å². The largest absolute Gasteiger partial charge is 0.480 e. The third-order valence-corrected chi connectivity index (χ3v) is 3.90. The summed E-state index contributed by atoms with van der Waals surface area (Å²) in [6.45, 7) is 4.69. The minimum atomic E-state index is -1.13. The van der Waals surface area contributed by atoms with Crippen LogP contribution in [0.1, 0.15) is 29.9 Å². The second kappa shape index (κ2) is 8.28. The molecule has 2 aromatic heterocycles. The molecule has 2 N–H and O–H groups in total. The molecule has 1 atom stereocenters. The Morgan fingerprint density at radius 1 is 1.31 bits per heavy atom. The van der Waals surface area contributed by atoms with Crippen molar-refractivity contribution in [2.75, 3.05) is 13.1 Å². The van der Waals surface area contributed by atoms with Crippen LogP contribution in [-0.2, 0) is 9.59 Å². The zero-order valence-corrected chi connectivity index (χ0v) is 14.9. The SMILES string of the molecule is CC(=O)NCCN(C(=O)c1ccc(-c2ccco2)nc1C)C(C)C(=O)O. The number of hydrogen-bond acceptors (Lipinski definition) is 5. The van der Waals surface area contributed by atoms with Crippen LogP contribution in [0.25, 0.3) is 11.5 Å². The number of carbonyl (C=O) groups is 3. The van der Waals surface area contributed by atoms with Gasteiger partial charge in [-0.1, -0.05) is 0 Å². The smallest absolute Gasteiger partial charge is 0.326 e. The summed E-state index contributed by atoms with van der Waals surface area (Å²) in [7, 11) is 0. The molecule has 0 radical (unpaired) electrons. The van der Waals surface area contributed by atoms with E-state index >= 15 is 0 Å². The van der Waals surface area contributed by atoms with Crippen LogP contribution < -0.4 is 5.32 Å². The molecule has 0 saturated heterocycles. The normalized spacial score (nSPS) is 11.7. The number of furan rings is 1. The van der Waals surface area contributed by atoms with Crippen LogP contribution in [-0.4, -0.2) is 51.9 Å². The van der Waals surface area contributed by atoms with E-state index in [1.165, 1.54) is 25.0 Å². The number of carbonyl (C=O) groups excluding carboxylic acids is 2. The van der Waals surface area contributed by atoms with E-state index in [0.717, 1.165) is 0 Å². The van der Waals surface area contributed by atoms with Gasteiger partial charge in [0.05, 0.1) is 17.5 Å². The van der Waals surface area contributed by atoms with Crippen molar-refractivity contribution in [3.05, 3.63) is 41.8 Å². The van der Waals surface area contributed by atoms with Gasteiger partial charge in [0.25, 0.3) is 5.91 Å². The molecule has 0 aromatic carbocycles. The van der Waals surface area contributed by atoms with Crippen molar-refractivity contribution in [1.29, 1.82) is 0 Å². The van der Waals surface area contributed by atoms with Gasteiger partial charge in [-0.05, 0) is 38.1 Å². The standard InChI is InChI=1S/C18H21N3O5/c1-11-14(6-7-15(20-11)16-5-4-10-26-16)17(23)21(12(2)18(24)25)9-8-19-13(3)22/h4-7,10,12H,8-9H2,1-3H3,(H,19,22)(H,24,25). The number of pyridine rings is 1. The van der Waals surface area contributed by atoms with Gasteiger partial charge in [-0.3, -0.25) is 9.59 Å². The first-order valence-electron chi connectivity index (χ1n) is 8.11. The molecule has 2 heterocycles. The average molecular weight is 359 g/mol. The van der Waals surface area contributed by atoms with Crippen molar-refractivity contribution in [1.82, 2.24) is 15.2 Å². The molecular weight excluding hydrogens is 338 g/mol. The van der Waals surface area contributed by atoms with E-state index < -0.39 is 17.9 Å². The highest BCUT2D eigenvalue weighted by molar-refractivity contribution is 5.97. The second-order valence-electron chi connectivity index (χ2n) is 5.80. The van der Waals surface area contributed by atoms with Gasteiger partial charge in [-0.15, -0.1) is 0 Å². The van der Waals surface area contributed by atoms with Gasteiger partial charge in [0.2, 0.25) is 5.91 Å². The highest BCUT2D eigenvalue weighted by atomic mass is 16.4. The Bertz CT molecular complexity index is 801. The number of nitrogens with zero attached hydrogens (tertiary/aromatic N) is 2. The summed E-state index contributed by atoms with van der Waals surface area (Å²) in [6.07, 6.45) is 1.53. The van der Waals surface area contributed by atoms with E-state index in [0.29, 0.717) is 22.7 Å². The van der Waals surface area contributed by atoms with Crippen molar-refractivity contribution < 1.29 is 23.9 Å². The van der Waals surface area contributed by atoms with E-state index in [4.69, 9.17) is 4.42 Å². The van der Waals surface area contributed by atoms with E-state index in [1.54, 1.807) is 31.2 Å². The van der Waals surface area contributed by atoms with Crippen LogP contribution in [0.15, 0.2) is 34.9 Å². The van der Waals surface area contributed by atoms with E-state index in [2.05, 4.69) is 10.3 Å². The van der Waals surface area contributed by atoms with Crippen molar-refractivity contribution in [2.24, 2.45) is 0 Å². The number of rotatable bonds is 7. The lowest BCUT2D eigenvalue weighted by atomic mass is 10.1. The quantitative estimate of drug-likeness (QED) is 0.778. The molecule has 0 bridgehead atoms. The third kappa shape index (κ3) is 4.47. The number of aryl methyl sites for hydroxylation is 1. The first-order chi connectivity index (χ1) is 12.3. The van der Waals surface area contributed by atoms with Gasteiger partial charge in [0, 0.05) is 20.0 Å². The lowest BCUT2D eigenvalue weighted by Crippen LogP contribution is -2.47. The van der Waals surface area contributed by atoms with Gasteiger partial charge < -0.3 is 19.7 Å². The Kier molecular flexibility index (Phi) is 6.11. The number of carboxylic acid groups (broad SMARTS) is 1. The molecule has 0 aliphatic heterocycles. The van der Waals surface area contributed by atoms with Crippen LogP contribution in [0.5, 0.6) is 0 Å². The predicted octanol–water partition coefficient (Wildman–Crippen LogP) is 1.70. The first-order valence-corrected chi connectivity index (χ1v) is 8.11. The molecule has 0 fully saturated rings. The topological polar surface area (TPSA) is 113 Å². The summed E-state index contributed by atoms with van der Waals surface area (Å²) in [5.41, 5.74) is 1.35. The highest BCUT2D eigenvalue weighted by Gasteiger charge is 2.27. The number of carboxylic acids is 1. The lowest BCUT2D eigenvalue weighted by molar-refractivity contribution is -0.141. The molecule has 26 heavy (non-hydrogen) atoms. The van der Waals surface area contributed by atoms with Gasteiger partial charge in [-0.2, -0.15) is 0 Å². The van der Waals surface area contributed by atoms with Crippen LogP contribution in [0.3, 0.4) is 0 Å². The molecule has 138 valence electrons. The average Bonchev–Trinajstić information content (AvgIpc) is 3.11. The summed E-state index contributed by atoms with van der Waals surface area (Å²) in [5.74, 6) is -1.25. The molecule has 2 amide bonds. The molecule has 8 heteroatoms. The molecule has 0 saturated carbocycles. The zero-order chi connectivity index (χ0) is 19.3. The number of aliphatic carboxylic acids is 1. The molecule has 8 nitrogen and oxygen atoms in total. The van der Waals surface area contributed by atoms with Crippen LogP contribution >= 0.6 is 0 Å². The van der Waals surface area contributed by atoms with Crippen LogP contribution in [0.2, 0.25) is 0 Å². The van der Waals surface area contributed by atoms with E-state index in [-0.39, 0.29) is 19.0 Å². The van der Waals surface area contributed by atoms with E-state index in [9.17, 15) is 19.5 Å². The lowest BCUT2D eigenvalue weighted by Gasteiger charge is -2.27. The summed E-state index contributed by atoms with van der Waals surface area (Å²) >= 11 is 0. The van der Waals surface area contributed by atoms with Gasteiger partial charge in [0.1, 0.15) is 11.7 Å². The van der Waals surface area contributed by atoms with Crippen molar-refractivity contribution in [3.8, 4) is 11.5 Å². The first kappa shape index (κ1) is 19.2. The number of aromatic nitrogens is 1. The Morgan fingerprint density at radius 2 is 2.04 bits per heavy atom. The Balaban J connectivity index is 2.26. The molecule has 2 rings (SSSR count). The third-order valence-electron chi connectivity index (χ3n) is 3.90. The van der Waals surface area contributed by atoms with Gasteiger partial charge >= 0.3 is 5.97 Å². The fourth-order valence-corrected chi connectivity index (χ4v) is 2.46. The minimum Gasteiger partial charge on any atom is -0.480 e. The summed E-state index contributed by atoms with van der Waals surface area (Å²) in [6, 6.07) is 5.71. The molecule has 0 spiro atoms. The minimum absolute atomic E-state index is 0.0747. The summed E-state index contributed by atoms with van der Waals surface area (Å²) in [4.78, 5) is 40.8. The maximum absolute atomic E-state index is 12.9. The second-order valence-corrected chi connectivity index (χ2v) is 5.80. The number of amides is 2. The van der Waals surface area contributed by atoms with Gasteiger partial charge in [-0.25, -0.2) is 9.78 Å². The van der Waals surface area contributed by atoms with E-state index in [1.807, 2.05) is 0 Å². The fraction of sp³-hybridized carbons (Fsp3) is 0.333. The van der Waals surface area contributed by atoms with Crippen LogP contribution in [0, 0.1) is 6.92 Å². The van der Waals surface area contributed by atoms with Gasteiger partial charge in [0.15, 0.2) is 5.76 Å². The highest BCUT2D eigenvalue weighted by Crippen LogP contribution is 2.20. The summed E-state index contributed by atoms with van der Waals surface area (Å²) < 4.78 is 5.29. The fourth-order valence-electron chi connectivity index (χ4n) is 2.46. The Labute approximate surface area is 150 Å². The Morgan fingerprint density at radius 3 is 2.58 bits per heavy atom. The Hall–Kier alpha value is -3.16. The molecule has 1 unspecified atom stereocenters. The monoisotopic (exact) mass is 359 g/mol.